The molecule has 0 bridgehead atoms. The summed E-state index contributed by atoms with van der Waals surface area (Å²) in [5.74, 6) is 1.38. The zero-order chi connectivity index (χ0) is 11.3. The summed E-state index contributed by atoms with van der Waals surface area (Å²) in [5.41, 5.74) is 0.915. The van der Waals surface area contributed by atoms with E-state index in [4.69, 9.17) is 14.7 Å². The van der Waals surface area contributed by atoms with Crippen LogP contribution in [0.3, 0.4) is 0 Å². The summed E-state index contributed by atoms with van der Waals surface area (Å²) in [5, 5.41) is 8.43. The number of nitriles is 1. The molecule has 3 nitrogen and oxygen atoms in total. The van der Waals surface area contributed by atoms with Crippen LogP contribution in [0.4, 0.5) is 0 Å². The lowest BCUT2D eigenvalue weighted by molar-refractivity contribution is 0.353. The van der Waals surface area contributed by atoms with Gasteiger partial charge in [-0.05, 0) is 46.4 Å². The highest BCUT2D eigenvalue weighted by Gasteiger charge is 2.08. The molecule has 1 aromatic rings. The number of ether oxygens (including phenoxy) is 2. The molecule has 0 aromatic heterocycles. The Morgan fingerprint density at radius 3 is 2.60 bits per heavy atom. The molecule has 0 N–H and O–H groups in total. The van der Waals surface area contributed by atoms with E-state index in [1.165, 1.54) is 6.08 Å². The van der Waals surface area contributed by atoms with Crippen molar-refractivity contribution < 1.29 is 9.47 Å². The van der Waals surface area contributed by atoms with Crippen LogP contribution in [0.15, 0.2) is 18.2 Å². The van der Waals surface area contributed by atoms with Gasteiger partial charge in [0.05, 0.1) is 23.9 Å². The molecular weight excluding hydrogens is 305 g/mol. The Morgan fingerprint density at radius 2 is 2.07 bits per heavy atom. The normalized spacial score (nSPS) is 10.0. The summed E-state index contributed by atoms with van der Waals surface area (Å²) in [6.07, 6.45) is 3.15. The third kappa shape index (κ3) is 2.86. The van der Waals surface area contributed by atoms with E-state index in [-0.39, 0.29) is 0 Å². The van der Waals surface area contributed by atoms with Gasteiger partial charge in [-0.3, -0.25) is 0 Å². The molecule has 0 aliphatic rings. The summed E-state index contributed by atoms with van der Waals surface area (Å²) in [6, 6.07) is 5.70. The number of nitrogens with zero attached hydrogens (tertiary/aromatic N) is 1. The highest BCUT2D eigenvalue weighted by atomic mass is 127. The van der Waals surface area contributed by atoms with Crippen molar-refractivity contribution in [2.75, 3.05) is 14.2 Å². The molecule has 15 heavy (non-hydrogen) atoms. The molecule has 0 atom stereocenters. The van der Waals surface area contributed by atoms with Gasteiger partial charge in [0.2, 0.25) is 0 Å². The lowest BCUT2D eigenvalue weighted by Crippen LogP contribution is -1.93. The van der Waals surface area contributed by atoms with Gasteiger partial charge in [-0.2, -0.15) is 5.26 Å². The summed E-state index contributed by atoms with van der Waals surface area (Å²) < 4.78 is 11.3. The first-order valence-corrected chi connectivity index (χ1v) is 5.28. The van der Waals surface area contributed by atoms with Gasteiger partial charge in [0, 0.05) is 6.08 Å². The fraction of sp³-hybridized carbons (Fsp3) is 0.182. The fourth-order valence-corrected chi connectivity index (χ4v) is 2.01. The first kappa shape index (κ1) is 11.9. The number of halogens is 1. The quantitative estimate of drug-likeness (QED) is 0.636. The summed E-state index contributed by atoms with van der Waals surface area (Å²) in [4.78, 5) is 0. The molecule has 0 unspecified atom stereocenters. The van der Waals surface area contributed by atoms with Gasteiger partial charge < -0.3 is 9.47 Å². The van der Waals surface area contributed by atoms with Crippen molar-refractivity contribution >= 4 is 28.7 Å². The standard InChI is InChI=1S/C11H10INO2/c1-14-10-7-8(4-3-5-13)6-9(12)11(10)15-2/h3-4,6-7H,1-2H3. The molecule has 0 heterocycles. The molecule has 0 aliphatic heterocycles. The van der Waals surface area contributed by atoms with Crippen molar-refractivity contribution in [3.63, 3.8) is 0 Å². The second kappa shape index (κ2) is 5.61. The van der Waals surface area contributed by atoms with E-state index in [1.807, 2.05) is 18.2 Å². The maximum atomic E-state index is 8.43. The molecule has 0 fully saturated rings. The van der Waals surface area contributed by atoms with Crippen molar-refractivity contribution in [1.82, 2.24) is 0 Å². The van der Waals surface area contributed by atoms with Crippen LogP contribution in [0.25, 0.3) is 6.08 Å². The van der Waals surface area contributed by atoms with E-state index in [0.29, 0.717) is 11.5 Å². The van der Waals surface area contributed by atoms with Crippen molar-refractivity contribution in [2.45, 2.75) is 0 Å². The van der Waals surface area contributed by atoms with Gasteiger partial charge >= 0.3 is 0 Å². The molecule has 1 aromatic carbocycles. The van der Waals surface area contributed by atoms with E-state index >= 15 is 0 Å². The Kier molecular flexibility index (Phi) is 4.43. The van der Waals surface area contributed by atoms with Crippen molar-refractivity contribution in [3.05, 3.63) is 27.3 Å². The minimum atomic E-state index is 0.669. The number of benzene rings is 1. The maximum Gasteiger partial charge on any atom is 0.174 e. The third-order valence-corrected chi connectivity index (χ3v) is 2.61. The molecule has 78 valence electrons. The lowest BCUT2D eigenvalue weighted by atomic mass is 10.2. The average Bonchev–Trinajstić information content (AvgIpc) is 2.25. The lowest BCUT2D eigenvalue weighted by Gasteiger charge is -2.10. The molecule has 0 aliphatic carbocycles. The highest BCUT2D eigenvalue weighted by Crippen LogP contribution is 2.33. The number of rotatable bonds is 3. The van der Waals surface area contributed by atoms with Crippen LogP contribution in [0.1, 0.15) is 5.56 Å². The fourth-order valence-electron chi connectivity index (χ4n) is 1.17. The Balaban J connectivity index is 3.20. The molecule has 0 amide bonds. The summed E-state index contributed by atoms with van der Waals surface area (Å²) in [7, 11) is 3.19. The zero-order valence-electron chi connectivity index (χ0n) is 8.45. The van der Waals surface area contributed by atoms with E-state index < -0.39 is 0 Å². The molecule has 0 saturated heterocycles. The number of hydrogen-bond acceptors (Lipinski definition) is 3. The molecule has 0 radical (unpaired) electrons. The smallest absolute Gasteiger partial charge is 0.174 e. The maximum absolute atomic E-state index is 8.43. The number of hydrogen-bond donors (Lipinski definition) is 0. The van der Waals surface area contributed by atoms with Gasteiger partial charge in [0.25, 0.3) is 0 Å². The van der Waals surface area contributed by atoms with E-state index in [2.05, 4.69) is 22.6 Å². The van der Waals surface area contributed by atoms with Gasteiger partial charge in [0.15, 0.2) is 11.5 Å². The monoisotopic (exact) mass is 315 g/mol. The number of allylic oxidation sites excluding steroid dienone is 1. The van der Waals surface area contributed by atoms with Crippen LogP contribution in [-0.4, -0.2) is 14.2 Å². The highest BCUT2D eigenvalue weighted by molar-refractivity contribution is 14.1. The van der Waals surface area contributed by atoms with Gasteiger partial charge in [-0.1, -0.05) is 0 Å². The Labute approximate surface area is 102 Å². The first-order valence-electron chi connectivity index (χ1n) is 4.20. The summed E-state index contributed by atoms with van der Waals surface area (Å²) in [6.45, 7) is 0. The Bertz CT molecular complexity index is 421. The van der Waals surface area contributed by atoms with Crippen LogP contribution in [0.2, 0.25) is 0 Å². The van der Waals surface area contributed by atoms with Crippen LogP contribution in [0.5, 0.6) is 11.5 Å². The van der Waals surface area contributed by atoms with Crippen LogP contribution in [0, 0.1) is 14.9 Å². The molecule has 1 rings (SSSR count). The molecule has 0 spiro atoms. The minimum Gasteiger partial charge on any atom is -0.493 e. The summed E-state index contributed by atoms with van der Waals surface area (Å²) >= 11 is 2.16. The number of methoxy groups -OCH3 is 2. The topological polar surface area (TPSA) is 42.2 Å². The Hall–Kier alpha value is -1.22. The van der Waals surface area contributed by atoms with E-state index in [0.717, 1.165) is 9.13 Å². The predicted molar refractivity (Wildman–Crippen MR) is 66.9 cm³/mol. The van der Waals surface area contributed by atoms with Crippen molar-refractivity contribution in [3.8, 4) is 17.6 Å². The van der Waals surface area contributed by atoms with Crippen LogP contribution in [-0.2, 0) is 0 Å². The first-order chi connectivity index (χ1) is 7.22. The second-order valence-corrected chi connectivity index (χ2v) is 3.86. The third-order valence-electron chi connectivity index (χ3n) is 1.81. The largest absolute Gasteiger partial charge is 0.493 e. The predicted octanol–water partition coefficient (Wildman–Crippen LogP) is 2.85. The van der Waals surface area contributed by atoms with Crippen LogP contribution >= 0.6 is 22.6 Å². The SMILES string of the molecule is COc1cc(C=CC#N)cc(I)c1OC. The van der Waals surface area contributed by atoms with Crippen LogP contribution < -0.4 is 9.47 Å². The van der Waals surface area contributed by atoms with Gasteiger partial charge in [-0.15, -0.1) is 0 Å². The van der Waals surface area contributed by atoms with E-state index in [1.54, 1.807) is 20.3 Å². The second-order valence-electron chi connectivity index (χ2n) is 2.70. The molecule has 4 heteroatoms. The minimum absolute atomic E-state index is 0.669. The average molecular weight is 315 g/mol. The Morgan fingerprint density at radius 1 is 1.33 bits per heavy atom. The van der Waals surface area contributed by atoms with Crippen molar-refractivity contribution in [2.24, 2.45) is 0 Å². The molecular formula is C11H10INO2. The van der Waals surface area contributed by atoms with E-state index in [9.17, 15) is 0 Å². The van der Waals surface area contributed by atoms with Gasteiger partial charge in [0.1, 0.15) is 0 Å². The van der Waals surface area contributed by atoms with Gasteiger partial charge in [-0.25, -0.2) is 0 Å². The zero-order valence-corrected chi connectivity index (χ0v) is 10.6. The van der Waals surface area contributed by atoms with Crippen molar-refractivity contribution in [1.29, 1.82) is 5.26 Å². The molecule has 0 saturated carbocycles.